The van der Waals surface area contributed by atoms with Gasteiger partial charge in [-0.25, -0.2) is 4.79 Å². The van der Waals surface area contributed by atoms with Crippen LogP contribution >= 0.6 is 0 Å². The molecule has 0 saturated heterocycles. The van der Waals surface area contributed by atoms with Crippen LogP contribution in [-0.2, 0) is 19.4 Å². The SMILES string of the molecule is CC(C)C[C@H](N)C(=O)OS(=O)(=O)O. The van der Waals surface area contributed by atoms with Crippen LogP contribution in [-0.4, -0.2) is 25.0 Å². The normalized spacial score (nSPS) is 14.2. The van der Waals surface area contributed by atoms with E-state index in [1.807, 2.05) is 13.8 Å². The van der Waals surface area contributed by atoms with Crippen molar-refractivity contribution in [2.75, 3.05) is 0 Å². The molecular weight excluding hydrogens is 198 g/mol. The Morgan fingerprint density at radius 1 is 1.54 bits per heavy atom. The number of carbonyl (C=O) groups excluding carboxylic acids is 1. The van der Waals surface area contributed by atoms with E-state index in [9.17, 15) is 13.2 Å². The molecule has 0 aromatic rings. The van der Waals surface area contributed by atoms with Crippen LogP contribution in [0.25, 0.3) is 0 Å². The fourth-order valence-electron chi connectivity index (χ4n) is 0.770. The fraction of sp³-hybridized carbons (Fsp3) is 0.833. The van der Waals surface area contributed by atoms with E-state index in [0.29, 0.717) is 6.42 Å². The first-order chi connectivity index (χ1) is 5.72. The van der Waals surface area contributed by atoms with Crippen LogP contribution in [0.3, 0.4) is 0 Å². The maximum atomic E-state index is 10.8. The molecular formula is C6H13NO5S. The van der Waals surface area contributed by atoms with Crippen molar-refractivity contribution in [1.82, 2.24) is 0 Å². The monoisotopic (exact) mass is 211 g/mol. The molecule has 0 saturated carbocycles. The average Bonchev–Trinajstić information content (AvgIpc) is 1.81. The first kappa shape index (κ1) is 12.3. The van der Waals surface area contributed by atoms with Crippen molar-refractivity contribution < 1.29 is 21.9 Å². The van der Waals surface area contributed by atoms with Crippen LogP contribution in [0.2, 0.25) is 0 Å². The second-order valence-corrected chi connectivity index (χ2v) is 4.09. The van der Waals surface area contributed by atoms with Crippen LogP contribution in [0.5, 0.6) is 0 Å². The molecule has 0 bridgehead atoms. The Labute approximate surface area is 77.0 Å². The zero-order valence-corrected chi connectivity index (χ0v) is 8.24. The fourth-order valence-corrected chi connectivity index (χ4v) is 1.10. The summed E-state index contributed by atoms with van der Waals surface area (Å²) in [4.78, 5) is 10.8. The first-order valence-corrected chi connectivity index (χ1v) is 5.05. The maximum absolute atomic E-state index is 10.8. The van der Waals surface area contributed by atoms with Crippen molar-refractivity contribution in [2.24, 2.45) is 11.7 Å². The lowest BCUT2D eigenvalue weighted by Crippen LogP contribution is -2.34. The molecule has 7 heteroatoms. The van der Waals surface area contributed by atoms with Gasteiger partial charge < -0.3 is 9.92 Å². The summed E-state index contributed by atoms with van der Waals surface area (Å²) in [6, 6.07) is -1.03. The Morgan fingerprint density at radius 3 is 2.31 bits per heavy atom. The number of nitrogens with two attached hydrogens (primary N) is 1. The summed E-state index contributed by atoms with van der Waals surface area (Å²) >= 11 is 0. The maximum Gasteiger partial charge on any atom is 0.449 e. The van der Waals surface area contributed by atoms with Crippen molar-refractivity contribution in [2.45, 2.75) is 26.3 Å². The molecule has 1 atom stereocenters. The minimum absolute atomic E-state index is 0.143. The van der Waals surface area contributed by atoms with E-state index in [1.165, 1.54) is 0 Å². The smallest absolute Gasteiger partial charge is 0.323 e. The highest BCUT2D eigenvalue weighted by atomic mass is 32.3. The summed E-state index contributed by atoms with van der Waals surface area (Å²) in [5.41, 5.74) is 5.28. The van der Waals surface area contributed by atoms with E-state index in [1.54, 1.807) is 0 Å². The number of rotatable bonds is 4. The van der Waals surface area contributed by atoms with E-state index in [0.717, 1.165) is 0 Å². The lowest BCUT2D eigenvalue weighted by Gasteiger charge is -2.10. The third-order valence-corrected chi connectivity index (χ3v) is 1.59. The van der Waals surface area contributed by atoms with Gasteiger partial charge in [0.1, 0.15) is 6.04 Å². The zero-order valence-electron chi connectivity index (χ0n) is 7.43. The summed E-state index contributed by atoms with van der Waals surface area (Å²) in [5.74, 6) is -1.000. The number of hydrogen-bond acceptors (Lipinski definition) is 5. The second kappa shape index (κ2) is 4.54. The predicted octanol–water partition coefficient (Wildman–Crippen LogP) is -0.294. The predicted molar refractivity (Wildman–Crippen MR) is 45.1 cm³/mol. The molecule has 0 aromatic carbocycles. The lowest BCUT2D eigenvalue weighted by atomic mass is 10.1. The Kier molecular flexibility index (Phi) is 4.31. The molecule has 0 radical (unpaired) electrons. The molecule has 0 aliphatic carbocycles. The number of hydrogen-bond donors (Lipinski definition) is 2. The van der Waals surface area contributed by atoms with Gasteiger partial charge in [0.05, 0.1) is 0 Å². The zero-order chi connectivity index (χ0) is 10.6. The molecule has 0 spiro atoms. The van der Waals surface area contributed by atoms with Crippen molar-refractivity contribution in [1.29, 1.82) is 0 Å². The minimum Gasteiger partial charge on any atom is -0.323 e. The molecule has 78 valence electrons. The molecule has 0 fully saturated rings. The van der Waals surface area contributed by atoms with Crippen molar-refractivity contribution >= 4 is 16.4 Å². The third-order valence-electron chi connectivity index (χ3n) is 1.22. The standard InChI is InChI=1S/C6H13NO5S/c1-4(2)3-5(7)6(8)12-13(9,10)11/h4-5H,3,7H2,1-2H3,(H,9,10,11)/t5-/m0/s1. The molecule has 0 aliphatic heterocycles. The van der Waals surface area contributed by atoms with Crippen LogP contribution < -0.4 is 5.73 Å². The molecule has 0 heterocycles. The summed E-state index contributed by atoms with van der Waals surface area (Å²) in [7, 11) is -4.73. The molecule has 13 heavy (non-hydrogen) atoms. The van der Waals surface area contributed by atoms with Gasteiger partial charge in [0.25, 0.3) is 0 Å². The van der Waals surface area contributed by atoms with Crippen LogP contribution in [0.1, 0.15) is 20.3 Å². The second-order valence-electron chi connectivity index (χ2n) is 3.07. The van der Waals surface area contributed by atoms with Gasteiger partial charge in [-0.05, 0) is 12.3 Å². The van der Waals surface area contributed by atoms with Gasteiger partial charge in [0.15, 0.2) is 0 Å². The Bertz CT molecular complexity index is 271. The average molecular weight is 211 g/mol. The summed E-state index contributed by atoms with van der Waals surface area (Å²) in [6.07, 6.45) is 0.300. The Balaban J connectivity index is 4.13. The van der Waals surface area contributed by atoms with Crippen molar-refractivity contribution in [3.05, 3.63) is 0 Å². The van der Waals surface area contributed by atoms with Crippen LogP contribution in [0.15, 0.2) is 0 Å². The Hall–Kier alpha value is -0.660. The highest BCUT2D eigenvalue weighted by Gasteiger charge is 2.21. The summed E-state index contributed by atoms with van der Waals surface area (Å²) in [5, 5.41) is 0. The van der Waals surface area contributed by atoms with Gasteiger partial charge >= 0.3 is 16.4 Å². The molecule has 0 rings (SSSR count). The Morgan fingerprint density at radius 2 is 2.00 bits per heavy atom. The van der Waals surface area contributed by atoms with Crippen molar-refractivity contribution in [3.8, 4) is 0 Å². The minimum atomic E-state index is -4.73. The quantitative estimate of drug-likeness (QED) is 0.618. The molecule has 0 aromatic heterocycles. The van der Waals surface area contributed by atoms with Crippen LogP contribution in [0.4, 0.5) is 0 Å². The summed E-state index contributed by atoms with van der Waals surface area (Å²) in [6.45, 7) is 3.64. The summed E-state index contributed by atoms with van der Waals surface area (Å²) < 4.78 is 32.0. The largest absolute Gasteiger partial charge is 0.449 e. The molecule has 3 N–H and O–H groups in total. The number of carbonyl (C=O) groups is 1. The molecule has 0 unspecified atom stereocenters. The third kappa shape index (κ3) is 6.50. The van der Waals surface area contributed by atoms with E-state index in [-0.39, 0.29) is 5.92 Å². The lowest BCUT2D eigenvalue weighted by molar-refractivity contribution is -0.136. The molecule has 0 aliphatic rings. The van der Waals surface area contributed by atoms with Gasteiger partial charge in [0, 0.05) is 0 Å². The topological polar surface area (TPSA) is 107 Å². The van der Waals surface area contributed by atoms with E-state index in [4.69, 9.17) is 10.3 Å². The van der Waals surface area contributed by atoms with Gasteiger partial charge in [-0.15, -0.1) is 0 Å². The van der Waals surface area contributed by atoms with E-state index in [2.05, 4.69) is 4.18 Å². The highest BCUT2D eigenvalue weighted by molar-refractivity contribution is 7.81. The van der Waals surface area contributed by atoms with Crippen molar-refractivity contribution in [3.63, 3.8) is 0 Å². The van der Waals surface area contributed by atoms with Gasteiger partial charge in [-0.1, -0.05) is 13.8 Å². The van der Waals surface area contributed by atoms with Gasteiger partial charge in [0.2, 0.25) is 0 Å². The van der Waals surface area contributed by atoms with E-state index < -0.39 is 22.4 Å². The highest BCUT2D eigenvalue weighted by Crippen LogP contribution is 2.04. The van der Waals surface area contributed by atoms with Crippen LogP contribution in [0, 0.1) is 5.92 Å². The molecule has 6 nitrogen and oxygen atoms in total. The van der Waals surface area contributed by atoms with E-state index >= 15 is 0 Å². The van der Waals surface area contributed by atoms with Gasteiger partial charge in [-0.2, -0.15) is 8.42 Å². The molecule has 0 amide bonds. The van der Waals surface area contributed by atoms with Gasteiger partial charge in [-0.3, -0.25) is 4.55 Å². The first-order valence-electron chi connectivity index (χ1n) is 3.68.